The standard InChI is InChI=1S/C14H24O3/c1-2-16-14(15)11-7-9-13(10-8-11)17-12-5-3-4-6-12/h11-13H,2-10H2,1H3/t11-,13+. The van der Waals surface area contributed by atoms with Gasteiger partial charge in [-0.1, -0.05) is 12.8 Å². The van der Waals surface area contributed by atoms with E-state index in [2.05, 4.69) is 0 Å². The molecule has 0 amide bonds. The lowest BCUT2D eigenvalue weighted by Crippen LogP contribution is -2.29. The fourth-order valence-electron chi connectivity index (χ4n) is 2.99. The van der Waals surface area contributed by atoms with Gasteiger partial charge in [-0.15, -0.1) is 0 Å². The Labute approximate surface area is 104 Å². The highest BCUT2D eigenvalue weighted by atomic mass is 16.5. The number of carbonyl (C=O) groups excluding carboxylic acids is 1. The van der Waals surface area contributed by atoms with Crippen molar-refractivity contribution < 1.29 is 14.3 Å². The molecule has 0 aromatic heterocycles. The van der Waals surface area contributed by atoms with Crippen LogP contribution in [0.15, 0.2) is 0 Å². The van der Waals surface area contributed by atoms with E-state index in [-0.39, 0.29) is 11.9 Å². The predicted octanol–water partition coefficient (Wildman–Crippen LogP) is 3.07. The maximum Gasteiger partial charge on any atom is 0.308 e. The van der Waals surface area contributed by atoms with E-state index in [1.807, 2.05) is 6.92 Å². The van der Waals surface area contributed by atoms with Crippen LogP contribution < -0.4 is 0 Å². The topological polar surface area (TPSA) is 35.5 Å². The Morgan fingerprint density at radius 2 is 1.59 bits per heavy atom. The van der Waals surface area contributed by atoms with E-state index >= 15 is 0 Å². The van der Waals surface area contributed by atoms with Gasteiger partial charge in [-0.2, -0.15) is 0 Å². The zero-order valence-corrected chi connectivity index (χ0v) is 10.8. The molecule has 2 saturated carbocycles. The molecule has 2 fully saturated rings. The number of carbonyl (C=O) groups is 1. The minimum atomic E-state index is -0.00758. The molecule has 0 atom stereocenters. The first-order chi connectivity index (χ1) is 8.29. The monoisotopic (exact) mass is 240 g/mol. The summed E-state index contributed by atoms with van der Waals surface area (Å²) in [6.45, 7) is 2.37. The van der Waals surface area contributed by atoms with E-state index in [9.17, 15) is 4.79 Å². The van der Waals surface area contributed by atoms with Crippen LogP contribution in [0.1, 0.15) is 58.3 Å². The Balaban J connectivity index is 1.68. The molecule has 98 valence electrons. The first-order valence-corrected chi connectivity index (χ1v) is 7.11. The lowest BCUT2D eigenvalue weighted by molar-refractivity contribution is -0.150. The van der Waals surface area contributed by atoms with Crippen molar-refractivity contribution in [1.82, 2.24) is 0 Å². The Hall–Kier alpha value is -0.570. The van der Waals surface area contributed by atoms with Crippen LogP contribution in [0, 0.1) is 5.92 Å². The maximum atomic E-state index is 11.6. The average molecular weight is 240 g/mol. The van der Waals surface area contributed by atoms with Gasteiger partial charge in [0.2, 0.25) is 0 Å². The summed E-state index contributed by atoms with van der Waals surface area (Å²) in [5, 5.41) is 0. The van der Waals surface area contributed by atoms with Crippen molar-refractivity contribution in [1.29, 1.82) is 0 Å². The second-order valence-electron chi connectivity index (χ2n) is 5.27. The van der Waals surface area contributed by atoms with E-state index in [0.717, 1.165) is 25.7 Å². The molecule has 0 heterocycles. The highest BCUT2D eigenvalue weighted by molar-refractivity contribution is 5.72. The molecule has 0 unspecified atom stereocenters. The average Bonchev–Trinajstić information content (AvgIpc) is 2.83. The molecule has 3 nitrogen and oxygen atoms in total. The fourth-order valence-corrected chi connectivity index (χ4v) is 2.99. The Bertz CT molecular complexity index is 238. The summed E-state index contributed by atoms with van der Waals surface area (Å²) in [6, 6.07) is 0. The van der Waals surface area contributed by atoms with Crippen LogP contribution >= 0.6 is 0 Å². The third-order valence-corrected chi connectivity index (χ3v) is 3.98. The normalized spacial score (nSPS) is 30.4. The second-order valence-corrected chi connectivity index (χ2v) is 5.27. The number of esters is 1. The summed E-state index contributed by atoms with van der Waals surface area (Å²) in [6.07, 6.45) is 9.94. The quantitative estimate of drug-likeness (QED) is 0.708. The van der Waals surface area contributed by atoms with Crippen molar-refractivity contribution in [3.05, 3.63) is 0 Å². The van der Waals surface area contributed by atoms with Crippen molar-refractivity contribution in [3.63, 3.8) is 0 Å². The molecule has 2 aliphatic carbocycles. The summed E-state index contributed by atoms with van der Waals surface area (Å²) in [7, 11) is 0. The van der Waals surface area contributed by atoms with Gasteiger partial charge >= 0.3 is 5.97 Å². The summed E-state index contributed by atoms with van der Waals surface area (Å²) in [4.78, 5) is 11.6. The molecule has 0 spiro atoms. The van der Waals surface area contributed by atoms with Crippen LogP contribution in [0.25, 0.3) is 0 Å². The van der Waals surface area contributed by atoms with Gasteiger partial charge < -0.3 is 9.47 Å². The summed E-state index contributed by atoms with van der Waals surface area (Å²) in [5.41, 5.74) is 0. The molecule has 0 aliphatic heterocycles. The maximum absolute atomic E-state index is 11.6. The molecule has 0 aromatic rings. The van der Waals surface area contributed by atoms with Crippen LogP contribution in [-0.2, 0) is 14.3 Å². The zero-order valence-electron chi connectivity index (χ0n) is 10.8. The molecule has 0 radical (unpaired) electrons. The van der Waals surface area contributed by atoms with Gasteiger partial charge in [-0.3, -0.25) is 4.79 Å². The van der Waals surface area contributed by atoms with E-state index < -0.39 is 0 Å². The van der Waals surface area contributed by atoms with E-state index in [1.165, 1.54) is 25.7 Å². The van der Waals surface area contributed by atoms with Gasteiger partial charge in [0, 0.05) is 0 Å². The molecular weight excluding hydrogens is 216 g/mol. The lowest BCUT2D eigenvalue weighted by atomic mass is 9.87. The number of ether oxygens (including phenoxy) is 2. The molecule has 17 heavy (non-hydrogen) atoms. The van der Waals surface area contributed by atoms with Gasteiger partial charge in [0.05, 0.1) is 24.7 Å². The summed E-state index contributed by atoms with van der Waals surface area (Å²) < 4.78 is 11.2. The molecule has 2 aliphatic rings. The van der Waals surface area contributed by atoms with Gasteiger partial charge in [0.1, 0.15) is 0 Å². The highest BCUT2D eigenvalue weighted by Crippen LogP contribution is 2.31. The Kier molecular flexibility index (Phi) is 4.84. The van der Waals surface area contributed by atoms with Crippen molar-refractivity contribution >= 4 is 5.97 Å². The molecule has 0 N–H and O–H groups in total. The fraction of sp³-hybridized carbons (Fsp3) is 0.929. The van der Waals surface area contributed by atoms with Crippen LogP contribution in [0.3, 0.4) is 0 Å². The predicted molar refractivity (Wildman–Crippen MR) is 65.7 cm³/mol. The van der Waals surface area contributed by atoms with Crippen LogP contribution in [0.5, 0.6) is 0 Å². The number of rotatable bonds is 4. The zero-order chi connectivity index (χ0) is 12.1. The third kappa shape index (κ3) is 3.70. The van der Waals surface area contributed by atoms with Gasteiger partial charge in [-0.05, 0) is 45.4 Å². The largest absolute Gasteiger partial charge is 0.466 e. The third-order valence-electron chi connectivity index (χ3n) is 3.98. The van der Waals surface area contributed by atoms with Crippen molar-refractivity contribution in [3.8, 4) is 0 Å². The smallest absolute Gasteiger partial charge is 0.308 e. The lowest BCUT2D eigenvalue weighted by Gasteiger charge is -2.29. The van der Waals surface area contributed by atoms with Gasteiger partial charge in [0.25, 0.3) is 0 Å². The Morgan fingerprint density at radius 1 is 1.00 bits per heavy atom. The molecule has 0 bridgehead atoms. The van der Waals surface area contributed by atoms with Crippen molar-refractivity contribution in [2.75, 3.05) is 6.61 Å². The van der Waals surface area contributed by atoms with Gasteiger partial charge in [-0.25, -0.2) is 0 Å². The summed E-state index contributed by atoms with van der Waals surface area (Å²) >= 11 is 0. The minimum absolute atomic E-state index is 0.00758. The van der Waals surface area contributed by atoms with Crippen LogP contribution in [0.4, 0.5) is 0 Å². The summed E-state index contributed by atoms with van der Waals surface area (Å²) in [5.74, 6) is 0.116. The van der Waals surface area contributed by atoms with Crippen LogP contribution in [-0.4, -0.2) is 24.8 Å². The molecule has 0 aromatic carbocycles. The first-order valence-electron chi connectivity index (χ1n) is 7.11. The molecule has 3 heteroatoms. The number of hydrogen-bond donors (Lipinski definition) is 0. The molecule has 2 rings (SSSR count). The van der Waals surface area contributed by atoms with Crippen molar-refractivity contribution in [2.24, 2.45) is 5.92 Å². The van der Waals surface area contributed by atoms with E-state index in [4.69, 9.17) is 9.47 Å². The molecule has 0 saturated heterocycles. The van der Waals surface area contributed by atoms with Crippen molar-refractivity contribution in [2.45, 2.75) is 70.5 Å². The van der Waals surface area contributed by atoms with E-state index in [0.29, 0.717) is 18.8 Å². The van der Waals surface area contributed by atoms with Crippen LogP contribution in [0.2, 0.25) is 0 Å². The SMILES string of the molecule is CCOC(=O)[C@H]1CC[C@@H](OC2CCCC2)CC1. The minimum Gasteiger partial charge on any atom is -0.466 e. The second kappa shape index (κ2) is 6.39. The molecular formula is C14H24O3. The number of hydrogen-bond acceptors (Lipinski definition) is 3. The first kappa shape index (κ1) is 12.9. The Morgan fingerprint density at radius 3 is 2.18 bits per heavy atom. The van der Waals surface area contributed by atoms with Gasteiger partial charge in [0.15, 0.2) is 0 Å². The highest BCUT2D eigenvalue weighted by Gasteiger charge is 2.29. The van der Waals surface area contributed by atoms with E-state index in [1.54, 1.807) is 0 Å².